The number of hydrogen-bond donors (Lipinski definition) is 1. The lowest BCUT2D eigenvalue weighted by Gasteiger charge is -1.99. The highest BCUT2D eigenvalue weighted by Gasteiger charge is 2.03. The van der Waals surface area contributed by atoms with E-state index in [1.807, 2.05) is 6.20 Å². The quantitative estimate of drug-likeness (QED) is 0.695. The van der Waals surface area contributed by atoms with Gasteiger partial charge in [0.15, 0.2) is 0 Å². The summed E-state index contributed by atoms with van der Waals surface area (Å²) >= 11 is 0. The van der Waals surface area contributed by atoms with E-state index in [-0.39, 0.29) is 11.6 Å². The van der Waals surface area contributed by atoms with Gasteiger partial charge in [0.1, 0.15) is 11.6 Å². The molecule has 0 aliphatic heterocycles. The minimum Gasteiger partial charge on any atom is -0.508 e. The van der Waals surface area contributed by atoms with Gasteiger partial charge in [0.05, 0.1) is 11.2 Å². The van der Waals surface area contributed by atoms with Crippen LogP contribution in [0.15, 0.2) is 48.7 Å². The first kappa shape index (κ1) is 9.84. The number of nitrogens with zero attached hydrogens (tertiary/aromatic N) is 2. The summed E-state index contributed by atoms with van der Waals surface area (Å²) in [4.78, 5) is 0. The second-order valence-electron chi connectivity index (χ2n) is 3.79. The molecule has 0 atom stereocenters. The highest BCUT2D eigenvalue weighted by atomic mass is 19.1. The first-order valence-corrected chi connectivity index (χ1v) is 5.17. The number of benzene rings is 2. The first-order chi connectivity index (χ1) is 8.22. The van der Waals surface area contributed by atoms with Crippen molar-refractivity contribution in [3.8, 4) is 11.4 Å². The maximum Gasteiger partial charge on any atom is 0.125 e. The third kappa shape index (κ3) is 1.73. The van der Waals surface area contributed by atoms with Gasteiger partial charge in [-0.1, -0.05) is 0 Å². The Balaban J connectivity index is 2.14. The molecular formula is C13H9FN2O. The van der Waals surface area contributed by atoms with Gasteiger partial charge in [-0.25, -0.2) is 9.07 Å². The predicted molar refractivity (Wildman–Crippen MR) is 62.7 cm³/mol. The summed E-state index contributed by atoms with van der Waals surface area (Å²) in [6, 6.07) is 11.2. The third-order valence-corrected chi connectivity index (χ3v) is 2.58. The second-order valence-corrected chi connectivity index (χ2v) is 3.79. The summed E-state index contributed by atoms with van der Waals surface area (Å²) in [5.74, 6) is -0.0926. The van der Waals surface area contributed by atoms with Crippen LogP contribution in [0.1, 0.15) is 0 Å². The second kappa shape index (κ2) is 3.59. The molecule has 0 saturated heterocycles. The fourth-order valence-electron chi connectivity index (χ4n) is 1.73. The van der Waals surface area contributed by atoms with Gasteiger partial charge in [0, 0.05) is 17.6 Å². The first-order valence-electron chi connectivity index (χ1n) is 5.17. The fourth-order valence-corrected chi connectivity index (χ4v) is 1.73. The highest BCUT2D eigenvalue weighted by molar-refractivity contribution is 5.78. The molecule has 3 aromatic rings. The molecule has 17 heavy (non-hydrogen) atoms. The molecule has 0 radical (unpaired) electrons. The van der Waals surface area contributed by atoms with E-state index in [1.54, 1.807) is 35.0 Å². The Hall–Kier alpha value is -2.36. The number of phenols is 1. The smallest absolute Gasteiger partial charge is 0.125 e. The third-order valence-electron chi connectivity index (χ3n) is 2.58. The Morgan fingerprint density at radius 2 is 1.82 bits per heavy atom. The highest BCUT2D eigenvalue weighted by Crippen LogP contribution is 2.18. The van der Waals surface area contributed by atoms with Crippen LogP contribution in [0, 0.1) is 5.82 Å². The predicted octanol–water partition coefficient (Wildman–Crippen LogP) is 2.87. The van der Waals surface area contributed by atoms with Crippen molar-refractivity contribution in [1.82, 2.24) is 9.78 Å². The van der Waals surface area contributed by atoms with E-state index in [9.17, 15) is 9.50 Å². The minimum absolute atomic E-state index is 0.205. The Labute approximate surface area is 96.7 Å². The minimum atomic E-state index is -0.298. The molecule has 3 nitrogen and oxygen atoms in total. The summed E-state index contributed by atoms with van der Waals surface area (Å²) in [6.45, 7) is 0. The summed E-state index contributed by atoms with van der Waals surface area (Å²) in [7, 11) is 0. The Bertz CT molecular complexity index is 673. The van der Waals surface area contributed by atoms with Crippen molar-refractivity contribution in [2.45, 2.75) is 0 Å². The van der Waals surface area contributed by atoms with Crippen LogP contribution in [0.3, 0.4) is 0 Å². The van der Waals surface area contributed by atoms with Gasteiger partial charge in [-0.15, -0.1) is 0 Å². The van der Waals surface area contributed by atoms with Crippen LogP contribution >= 0.6 is 0 Å². The van der Waals surface area contributed by atoms with Crippen molar-refractivity contribution < 1.29 is 9.50 Å². The van der Waals surface area contributed by atoms with Crippen LogP contribution < -0.4 is 0 Å². The fraction of sp³-hybridized carbons (Fsp3) is 0. The Morgan fingerprint density at radius 3 is 2.59 bits per heavy atom. The molecule has 1 heterocycles. The molecule has 0 unspecified atom stereocenters. The number of rotatable bonds is 1. The van der Waals surface area contributed by atoms with Gasteiger partial charge in [0.25, 0.3) is 0 Å². The van der Waals surface area contributed by atoms with E-state index in [0.717, 1.165) is 11.1 Å². The molecule has 3 rings (SSSR count). The number of hydrogen-bond acceptors (Lipinski definition) is 2. The van der Waals surface area contributed by atoms with Gasteiger partial charge in [-0.05, 0) is 36.4 Å². The normalized spacial score (nSPS) is 10.9. The summed E-state index contributed by atoms with van der Waals surface area (Å²) < 4.78 is 14.7. The van der Waals surface area contributed by atoms with Gasteiger partial charge in [0.2, 0.25) is 0 Å². The van der Waals surface area contributed by atoms with Crippen LogP contribution in [-0.4, -0.2) is 14.9 Å². The topological polar surface area (TPSA) is 38.0 Å². The lowest BCUT2D eigenvalue weighted by atomic mass is 10.2. The van der Waals surface area contributed by atoms with Gasteiger partial charge in [-0.3, -0.25) is 0 Å². The molecule has 84 valence electrons. The van der Waals surface area contributed by atoms with Gasteiger partial charge < -0.3 is 5.11 Å². The number of aromatic nitrogens is 2. The van der Waals surface area contributed by atoms with E-state index in [1.165, 1.54) is 12.1 Å². The zero-order valence-electron chi connectivity index (χ0n) is 8.84. The number of phenolic OH excluding ortho intramolecular Hbond substituents is 1. The summed E-state index contributed by atoms with van der Waals surface area (Å²) in [5.41, 5.74) is 1.43. The zero-order chi connectivity index (χ0) is 11.8. The molecule has 0 saturated carbocycles. The van der Waals surface area contributed by atoms with Crippen LogP contribution in [0.4, 0.5) is 4.39 Å². The molecule has 0 aliphatic carbocycles. The van der Waals surface area contributed by atoms with E-state index >= 15 is 0 Å². The standard InChI is InChI=1S/C13H9FN2O/c14-10-2-1-9-8-16(15-13(9)7-10)11-3-5-12(17)6-4-11/h1-8,17H. The van der Waals surface area contributed by atoms with Crippen LogP contribution in [-0.2, 0) is 0 Å². The molecule has 2 aromatic carbocycles. The largest absolute Gasteiger partial charge is 0.508 e. The maximum absolute atomic E-state index is 13.0. The van der Waals surface area contributed by atoms with Crippen molar-refractivity contribution in [2.75, 3.05) is 0 Å². The molecule has 0 fully saturated rings. The number of aromatic hydroxyl groups is 1. The monoisotopic (exact) mass is 228 g/mol. The lowest BCUT2D eigenvalue weighted by molar-refractivity contribution is 0.475. The van der Waals surface area contributed by atoms with Crippen LogP contribution in [0.5, 0.6) is 5.75 Å². The summed E-state index contributed by atoms with van der Waals surface area (Å²) in [5, 5.41) is 14.3. The number of fused-ring (bicyclic) bond motifs is 1. The van der Waals surface area contributed by atoms with Crippen molar-refractivity contribution in [3.05, 3.63) is 54.5 Å². The maximum atomic E-state index is 13.0. The Kier molecular flexibility index (Phi) is 2.08. The average molecular weight is 228 g/mol. The molecule has 1 N–H and O–H groups in total. The van der Waals surface area contributed by atoms with Crippen LogP contribution in [0.25, 0.3) is 16.6 Å². The summed E-state index contributed by atoms with van der Waals surface area (Å²) in [6.07, 6.45) is 1.82. The Morgan fingerprint density at radius 1 is 1.06 bits per heavy atom. The van der Waals surface area contributed by atoms with Crippen molar-refractivity contribution in [1.29, 1.82) is 0 Å². The van der Waals surface area contributed by atoms with Crippen molar-refractivity contribution >= 4 is 10.9 Å². The van der Waals surface area contributed by atoms with Gasteiger partial charge in [-0.2, -0.15) is 5.10 Å². The van der Waals surface area contributed by atoms with Crippen molar-refractivity contribution in [3.63, 3.8) is 0 Å². The van der Waals surface area contributed by atoms with E-state index < -0.39 is 0 Å². The van der Waals surface area contributed by atoms with Crippen molar-refractivity contribution in [2.24, 2.45) is 0 Å². The number of halogens is 1. The SMILES string of the molecule is Oc1ccc(-n2cc3ccc(F)cc3n2)cc1. The van der Waals surface area contributed by atoms with E-state index in [4.69, 9.17) is 0 Å². The molecule has 0 spiro atoms. The zero-order valence-corrected chi connectivity index (χ0v) is 8.84. The average Bonchev–Trinajstić information content (AvgIpc) is 2.72. The van der Waals surface area contributed by atoms with E-state index in [2.05, 4.69) is 5.10 Å². The van der Waals surface area contributed by atoms with Gasteiger partial charge >= 0.3 is 0 Å². The molecule has 0 bridgehead atoms. The molecule has 1 aromatic heterocycles. The molecular weight excluding hydrogens is 219 g/mol. The van der Waals surface area contributed by atoms with E-state index in [0.29, 0.717) is 5.52 Å². The molecule has 4 heteroatoms. The molecule has 0 aliphatic rings. The lowest BCUT2D eigenvalue weighted by Crippen LogP contribution is -1.92. The molecule has 0 amide bonds. The van der Waals surface area contributed by atoms with Crippen LogP contribution in [0.2, 0.25) is 0 Å².